The molecule has 1 N–H and O–H groups in total. The van der Waals surface area contributed by atoms with E-state index in [9.17, 15) is 4.79 Å². The molecule has 14 heavy (non-hydrogen) atoms. The summed E-state index contributed by atoms with van der Waals surface area (Å²) < 4.78 is 0. The maximum atomic E-state index is 10.6. The Morgan fingerprint density at radius 1 is 1.57 bits per heavy atom. The van der Waals surface area contributed by atoms with Gasteiger partial charge in [-0.05, 0) is 30.4 Å². The lowest BCUT2D eigenvalue weighted by atomic mass is 10.1. The zero-order chi connectivity index (χ0) is 10.6. The number of hydrogen-bond acceptors (Lipinski definition) is 2. The van der Waals surface area contributed by atoms with Crippen molar-refractivity contribution in [2.45, 2.75) is 51.2 Å². The highest BCUT2D eigenvalue weighted by Gasteiger charge is 2.44. The van der Waals surface area contributed by atoms with Crippen LogP contribution in [0.15, 0.2) is 0 Å². The maximum absolute atomic E-state index is 10.6. The van der Waals surface area contributed by atoms with Gasteiger partial charge in [0.05, 0.1) is 6.42 Å². The van der Waals surface area contributed by atoms with E-state index < -0.39 is 5.97 Å². The first-order valence-corrected chi connectivity index (χ1v) is 6.46. The molecule has 1 saturated carbocycles. The van der Waals surface area contributed by atoms with Crippen LogP contribution in [0.1, 0.15) is 46.0 Å². The predicted octanol–water partition coefficient (Wildman–Crippen LogP) is 3.16. The summed E-state index contributed by atoms with van der Waals surface area (Å²) in [5, 5.41) is 9.43. The number of carboxylic acid groups (broad SMARTS) is 1. The molecule has 1 atom stereocenters. The largest absolute Gasteiger partial charge is 0.481 e. The van der Waals surface area contributed by atoms with Crippen LogP contribution in [-0.2, 0) is 4.79 Å². The summed E-state index contributed by atoms with van der Waals surface area (Å²) in [7, 11) is 0. The highest BCUT2D eigenvalue weighted by atomic mass is 32.2. The van der Waals surface area contributed by atoms with Crippen LogP contribution in [0.3, 0.4) is 0 Å². The molecule has 0 amide bonds. The van der Waals surface area contributed by atoms with Gasteiger partial charge >= 0.3 is 5.97 Å². The van der Waals surface area contributed by atoms with Crippen LogP contribution in [0.2, 0.25) is 0 Å². The molecule has 0 aromatic carbocycles. The summed E-state index contributed by atoms with van der Waals surface area (Å²) in [6.07, 6.45) is 5.07. The van der Waals surface area contributed by atoms with Gasteiger partial charge in [-0.3, -0.25) is 4.79 Å². The second-order valence-electron chi connectivity index (χ2n) is 4.48. The highest BCUT2D eigenvalue weighted by Crippen LogP contribution is 2.51. The number of aliphatic carboxylic acids is 1. The first kappa shape index (κ1) is 11.9. The number of carboxylic acids is 1. The summed E-state index contributed by atoms with van der Waals surface area (Å²) >= 11 is 1.95. The molecule has 0 spiro atoms. The zero-order valence-corrected chi connectivity index (χ0v) is 9.90. The molecule has 0 aliphatic heterocycles. The van der Waals surface area contributed by atoms with Gasteiger partial charge in [-0.1, -0.05) is 20.3 Å². The average Bonchev–Trinajstić information content (AvgIpc) is 2.82. The van der Waals surface area contributed by atoms with E-state index in [1.165, 1.54) is 12.8 Å². The molecule has 0 saturated heterocycles. The molecular weight excluding hydrogens is 196 g/mol. The Morgan fingerprint density at radius 2 is 2.21 bits per heavy atom. The minimum atomic E-state index is -0.633. The molecule has 0 heterocycles. The van der Waals surface area contributed by atoms with Crippen molar-refractivity contribution in [3.63, 3.8) is 0 Å². The van der Waals surface area contributed by atoms with Crippen LogP contribution in [-0.4, -0.2) is 22.1 Å². The van der Waals surface area contributed by atoms with Gasteiger partial charge in [-0.15, -0.1) is 0 Å². The molecule has 82 valence electrons. The zero-order valence-electron chi connectivity index (χ0n) is 9.08. The third kappa shape index (κ3) is 3.91. The topological polar surface area (TPSA) is 37.3 Å². The third-order valence-corrected chi connectivity index (χ3v) is 4.44. The molecule has 2 nitrogen and oxygen atoms in total. The third-order valence-electron chi connectivity index (χ3n) is 2.85. The van der Waals surface area contributed by atoms with Gasteiger partial charge in [0, 0.05) is 5.25 Å². The smallest absolute Gasteiger partial charge is 0.303 e. The number of rotatable bonds is 7. The molecule has 0 aromatic rings. The molecule has 0 aromatic heterocycles. The highest BCUT2D eigenvalue weighted by molar-refractivity contribution is 7.99. The predicted molar refractivity (Wildman–Crippen MR) is 60.7 cm³/mol. The van der Waals surface area contributed by atoms with Gasteiger partial charge in [-0.2, -0.15) is 11.8 Å². The normalized spacial score (nSPS) is 20.4. The first-order chi connectivity index (χ1) is 6.58. The molecule has 3 heteroatoms. The minimum absolute atomic E-state index is 0.165. The summed E-state index contributed by atoms with van der Waals surface area (Å²) in [6.45, 7) is 4.44. The van der Waals surface area contributed by atoms with Gasteiger partial charge in [0.25, 0.3) is 0 Å². The van der Waals surface area contributed by atoms with Gasteiger partial charge in [-0.25, -0.2) is 0 Å². The molecule has 1 rings (SSSR count). The fourth-order valence-corrected chi connectivity index (χ4v) is 3.11. The van der Waals surface area contributed by atoms with Crippen molar-refractivity contribution in [3.05, 3.63) is 0 Å². The van der Waals surface area contributed by atoms with E-state index >= 15 is 0 Å². The second-order valence-corrected chi connectivity index (χ2v) is 5.91. The SMILES string of the molecule is CCCC(C)SCC1(CC(=O)O)CC1. The Kier molecular flexibility index (Phi) is 4.30. The van der Waals surface area contributed by atoms with Crippen LogP contribution in [0.4, 0.5) is 0 Å². The molecule has 1 fully saturated rings. The fourth-order valence-electron chi connectivity index (χ4n) is 1.68. The number of thioether (sulfide) groups is 1. The monoisotopic (exact) mass is 216 g/mol. The van der Waals surface area contributed by atoms with E-state index in [-0.39, 0.29) is 5.41 Å². The lowest BCUT2D eigenvalue weighted by molar-refractivity contribution is -0.138. The van der Waals surface area contributed by atoms with E-state index in [0.29, 0.717) is 11.7 Å². The van der Waals surface area contributed by atoms with Crippen LogP contribution in [0, 0.1) is 5.41 Å². The van der Waals surface area contributed by atoms with E-state index in [1.54, 1.807) is 0 Å². The Bertz CT molecular complexity index is 199. The van der Waals surface area contributed by atoms with Crippen molar-refractivity contribution in [2.24, 2.45) is 5.41 Å². The molecule has 0 bridgehead atoms. The summed E-state index contributed by atoms with van der Waals surface area (Å²) in [4.78, 5) is 10.6. The Labute approximate surface area is 90.5 Å². The Morgan fingerprint density at radius 3 is 2.64 bits per heavy atom. The van der Waals surface area contributed by atoms with Crippen LogP contribution in [0.25, 0.3) is 0 Å². The van der Waals surface area contributed by atoms with Crippen molar-refractivity contribution in [1.29, 1.82) is 0 Å². The van der Waals surface area contributed by atoms with E-state index in [1.807, 2.05) is 11.8 Å². The van der Waals surface area contributed by atoms with Gasteiger partial charge < -0.3 is 5.11 Å². The molecule has 1 aliphatic carbocycles. The van der Waals surface area contributed by atoms with E-state index in [4.69, 9.17) is 5.11 Å². The Hall–Kier alpha value is -0.180. The molecular formula is C11H20O2S. The van der Waals surface area contributed by atoms with E-state index in [2.05, 4.69) is 13.8 Å². The van der Waals surface area contributed by atoms with Gasteiger partial charge in [0.15, 0.2) is 0 Å². The van der Waals surface area contributed by atoms with Crippen molar-refractivity contribution in [2.75, 3.05) is 5.75 Å². The molecule has 0 radical (unpaired) electrons. The van der Waals surface area contributed by atoms with Crippen LogP contribution < -0.4 is 0 Å². The molecule has 1 aliphatic rings. The first-order valence-electron chi connectivity index (χ1n) is 5.41. The van der Waals surface area contributed by atoms with Crippen molar-refractivity contribution in [3.8, 4) is 0 Å². The van der Waals surface area contributed by atoms with Crippen molar-refractivity contribution >= 4 is 17.7 Å². The quantitative estimate of drug-likeness (QED) is 0.710. The van der Waals surface area contributed by atoms with Gasteiger partial charge in [0.1, 0.15) is 0 Å². The Balaban J connectivity index is 2.20. The van der Waals surface area contributed by atoms with Crippen molar-refractivity contribution < 1.29 is 9.90 Å². The fraction of sp³-hybridized carbons (Fsp3) is 0.909. The summed E-state index contributed by atoms with van der Waals surface area (Å²) in [5.41, 5.74) is 0.165. The summed E-state index contributed by atoms with van der Waals surface area (Å²) in [5.74, 6) is 0.409. The minimum Gasteiger partial charge on any atom is -0.481 e. The van der Waals surface area contributed by atoms with Crippen LogP contribution in [0.5, 0.6) is 0 Å². The van der Waals surface area contributed by atoms with E-state index in [0.717, 1.165) is 18.6 Å². The second kappa shape index (κ2) is 5.06. The average molecular weight is 216 g/mol. The maximum Gasteiger partial charge on any atom is 0.303 e. The summed E-state index contributed by atoms with van der Waals surface area (Å²) in [6, 6.07) is 0. The van der Waals surface area contributed by atoms with Crippen LogP contribution >= 0.6 is 11.8 Å². The number of carbonyl (C=O) groups is 1. The molecule has 1 unspecified atom stereocenters. The standard InChI is InChI=1S/C11H20O2S/c1-3-4-9(2)14-8-11(5-6-11)7-10(12)13/h9H,3-8H2,1-2H3,(H,12,13). The van der Waals surface area contributed by atoms with Crippen molar-refractivity contribution in [1.82, 2.24) is 0 Å². The lowest BCUT2D eigenvalue weighted by Crippen LogP contribution is -2.13. The number of hydrogen-bond donors (Lipinski definition) is 1. The van der Waals surface area contributed by atoms with Gasteiger partial charge in [0.2, 0.25) is 0 Å². The lowest BCUT2D eigenvalue weighted by Gasteiger charge is -2.15.